The van der Waals surface area contributed by atoms with Crippen LogP contribution >= 0.6 is 11.3 Å². The maximum Gasteiger partial charge on any atom is 0.349 e. The summed E-state index contributed by atoms with van der Waals surface area (Å²) >= 11 is 1.11. The van der Waals surface area contributed by atoms with E-state index in [4.69, 9.17) is 4.74 Å². The van der Waals surface area contributed by atoms with E-state index in [1.54, 1.807) is 13.8 Å². The monoisotopic (exact) mass is 377 g/mol. The molecule has 1 aliphatic carbocycles. The molecule has 1 saturated carbocycles. The van der Waals surface area contributed by atoms with Crippen LogP contribution in [0.25, 0.3) is 10.2 Å². The standard InChI is InChI=1S/C18H23N3O4S/c1-9-6-4-5-7-12(9)21-13(22)8-25-18(24)15-10(2)14-16(23)19-11(3)20-17(14)26-15/h9,12H,4-8H2,1-3H3,(H,21,22)(H,19,20,23). The van der Waals surface area contributed by atoms with Crippen LogP contribution in [0.3, 0.4) is 0 Å². The average molecular weight is 377 g/mol. The van der Waals surface area contributed by atoms with Gasteiger partial charge in [-0.2, -0.15) is 0 Å². The Labute approximate surface area is 155 Å². The molecular weight excluding hydrogens is 354 g/mol. The highest BCUT2D eigenvalue weighted by Gasteiger charge is 2.24. The molecule has 2 atom stereocenters. The molecule has 0 spiro atoms. The predicted octanol–water partition coefficient (Wildman–Crippen LogP) is 2.45. The number of esters is 1. The molecule has 8 heteroatoms. The van der Waals surface area contributed by atoms with Gasteiger partial charge in [0.2, 0.25) is 0 Å². The number of amides is 1. The lowest BCUT2D eigenvalue weighted by molar-refractivity contribution is -0.125. The van der Waals surface area contributed by atoms with Crippen molar-refractivity contribution < 1.29 is 14.3 Å². The number of nitrogens with zero attached hydrogens (tertiary/aromatic N) is 1. The number of aromatic amines is 1. The second-order valence-electron chi connectivity index (χ2n) is 6.90. The largest absolute Gasteiger partial charge is 0.451 e. The zero-order chi connectivity index (χ0) is 18.8. The number of carbonyl (C=O) groups is 2. The molecule has 0 bridgehead atoms. The molecule has 0 saturated heterocycles. The summed E-state index contributed by atoms with van der Waals surface area (Å²) in [6.45, 7) is 5.18. The summed E-state index contributed by atoms with van der Waals surface area (Å²) in [5.74, 6) is 0.0380. The summed E-state index contributed by atoms with van der Waals surface area (Å²) < 4.78 is 5.17. The molecule has 0 aliphatic heterocycles. The third-order valence-corrected chi connectivity index (χ3v) is 6.06. The zero-order valence-electron chi connectivity index (χ0n) is 15.2. The number of aromatic nitrogens is 2. The lowest BCUT2D eigenvalue weighted by Gasteiger charge is -2.29. The smallest absolute Gasteiger partial charge is 0.349 e. The summed E-state index contributed by atoms with van der Waals surface area (Å²) in [5.41, 5.74) is 0.259. The molecule has 2 unspecified atom stereocenters. The van der Waals surface area contributed by atoms with E-state index in [9.17, 15) is 14.4 Å². The van der Waals surface area contributed by atoms with E-state index in [1.807, 2.05) is 0 Å². The summed E-state index contributed by atoms with van der Waals surface area (Å²) in [4.78, 5) is 44.2. The maximum atomic E-state index is 12.4. The Morgan fingerprint density at radius 1 is 1.31 bits per heavy atom. The van der Waals surface area contributed by atoms with Gasteiger partial charge < -0.3 is 15.0 Å². The van der Waals surface area contributed by atoms with Crippen molar-refractivity contribution in [3.05, 3.63) is 26.6 Å². The Hall–Kier alpha value is -2.22. The minimum atomic E-state index is -0.602. The van der Waals surface area contributed by atoms with Crippen LogP contribution in [0, 0.1) is 19.8 Å². The van der Waals surface area contributed by atoms with Crippen molar-refractivity contribution in [2.24, 2.45) is 5.92 Å². The number of hydrogen-bond donors (Lipinski definition) is 2. The third kappa shape index (κ3) is 3.80. The normalized spacial score (nSPS) is 20.1. The summed E-state index contributed by atoms with van der Waals surface area (Å²) in [6, 6.07) is 0.145. The van der Waals surface area contributed by atoms with E-state index in [1.165, 1.54) is 6.42 Å². The molecule has 1 aliphatic rings. The third-order valence-electron chi connectivity index (χ3n) is 4.90. The van der Waals surface area contributed by atoms with Crippen LogP contribution in [-0.2, 0) is 9.53 Å². The number of nitrogens with one attached hydrogen (secondary N) is 2. The van der Waals surface area contributed by atoms with Gasteiger partial charge in [0.15, 0.2) is 6.61 Å². The van der Waals surface area contributed by atoms with Gasteiger partial charge in [0.1, 0.15) is 15.5 Å². The van der Waals surface area contributed by atoms with Gasteiger partial charge in [0, 0.05) is 6.04 Å². The first kappa shape index (κ1) is 18.6. The van der Waals surface area contributed by atoms with Crippen LogP contribution < -0.4 is 10.9 Å². The Balaban J connectivity index is 1.66. The van der Waals surface area contributed by atoms with Crippen LogP contribution in [0.4, 0.5) is 0 Å². The molecule has 2 aromatic heterocycles. The number of carbonyl (C=O) groups excluding carboxylic acids is 2. The molecule has 2 N–H and O–H groups in total. The topological polar surface area (TPSA) is 101 Å². The van der Waals surface area contributed by atoms with Crippen LogP contribution in [0.5, 0.6) is 0 Å². The first-order valence-corrected chi connectivity index (χ1v) is 9.65. The Bertz CT molecular complexity index is 902. The van der Waals surface area contributed by atoms with Gasteiger partial charge in [-0.1, -0.05) is 19.8 Å². The molecule has 3 rings (SSSR count). The van der Waals surface area contributed by atoms with Gasteiger partial charge in [-0.05, 0) is 38.2 Å². The van der Waals surface area contributed by atoms with Crippen molar-refractivity contribution >= 4 is 33.4 Å². The quantitative estimate of drug-likeness (QED) is 0.797. The van der Waals surface area contributed by atoms with Gasteiger partial charge in [-0.15, -0.1) is 11.3 Å². The van der Waals surface area contributed by atoms with Gasteiger partial charge in [-0.3, -0.25) is 9.59 Å². The fourth-order valence-electron chi connectivity index (χ4n) is 3.42. The molecule has 1 fully saturated rings. The number of thiophene rings is 1. The Kier molecular flexibility index (Phi) is 5.41. The maximum absolute atomic E-state index is 12.4. The summed E-state index contributed by atoms with van der Waals surface area (Å²) in [6.07, 6.45) is 4.37. The van der Waals surface area contributed by atoms with Crippen molar-refractivity contribution in [1.82, 2.24) is 15.3 Å². The summed E-state index contributed by atoms with van der Waals surface area (Å²) in [7, 11) is 0. The minimum Gasteiger partial charge on any atom is -0.451 e. The molecule has 2 aromatic rings. The number of rotatable bonds is 4. The lowest BCUT2D eigenvalue weighted by atomic mass is 9.86. The molecule has 7 nitrogen and oxygen atoms in total. The number of fused-ring (bicyclic) bond motifs is 1. The molecule has 2 heterocycles. The fourth-order valence-corrected chi connectivity index (χ4v) is 4.54. The molecule has 0 aromatic carbocycles. The van der Waals surface area contributed by atoms with Crippen molar-refractivity contribution in [3.8, 4) is 0 Å². The van der Waals surface area contributed by atoms with E-state index >= 15 is 0 Å². The highest BCUT2D eigenvalue weighted by atomic mass is 32.1. The average Bonchev–Trinajstić information content (AvgIpc) is 2.91. The first-order valence-electron chi connectivity index (χ1n) is 8.83. The number of aryl methyl sites for hydroxylation is 2. The van der Waals surface area contributed by atoms with Crippen LogP contribution in [0.15, 0.2) is 4.79 Å². The van der Waals surface area contributed by atoms with E-state index in [0.717, 1.165) is 30.6 Å². The van der Waals surface area contributed by atoms with E-state index < -0.39 is 5.97 Å². The van der Waals surface area contributed by atoms with Crippen LogP contribution in [-0.4, -0.2) is 34.5 Å². The SMILES string of the molecule is Cc1nc2sc(C(=O)OCC(=O)NC3CCCCC3C)c(C)c2c(=O)[nH]1. The Morgan fingerprint density at radius 3 is 2.77 bits per heavy atom. The highest BCUT2D eigenvalue weighted by molar-refractivity contribution is 7.20. The molecule has 26 heavy (non-hydrogen) atoms. The van der Waals surface area contributed by atoms with Crippen LogP contribution in [0.1, 0.15) is 53.7 Å². The minimum absolute atomic E-state index is 0.145. The lowest BCUT2D eigenvalue weighted by Crippen LogP contribution is -2.42. The number of H-pyrrole nitrogens is 1. The second-order valence-corrected chi connectivity index (χ2v) is 7.90. The summed E-state index contributed by atoms with van der Waals surface area (Å²) in [5, 5.41) is 3.35. The molecular formula is C18H23N3O4S. The highest BCUT2D eigenvalue weighted by Crippen LogP contribution is 2.27. The zero-order valence-corrected chi connectivity index (χ0v) is 16.0. The van der Waals surface area contributed by atoms with E-state index in [0.29, 0.717) is 32.4 Å². The van der Waals surface area contributed by atoms with Gasteiger partial charge >= 0.3 is 5.97 Å². The van der Waals surface area contributed by atoms with E-state index in [2.05, 4.69) is 22.2 Å². The number of hydrogen-bond acceptors (Lipinski definition) is 6. The first-order chi connectivity index (χ1) is 12.4. The van der Waals surface area contributed by atoms with Gasteiger partial charge in [-0.25, -0.2) is 9.78 Å². The molecule has 0 radical (unpaired) electrons. The Morgan fingerprint density at radius 2 is 2.04 bits per heavy atom. The van der Waals surface area contributed by atoms with Crippen molar-refractivity contribution in [2.45, 2.75) is 52.5 Å². The van der Waals surface area contributed by atoms with Crippen molar-refractivity contribution in [1.29, 1.82) is 0 Å². The molecule has 1 amide bonds. The molecule has 140 valence electrons. The predicted molar refractivity (Wildman–Crippen MR) is 99.6 cm³/mol. The fraction of sp³-hybridized carbons (Fsp3) is 0.556. The van der Waals surface area contributed by atoms with Crippen molar-refractivity contribution in [2.75, 3.05) is 6.61 Å². The second kappa shape index (κ2) is 7.57. The van der Waals surface area contributed by atoms with Gasteiger partial charge in [0.05, 0.1) is 5.39 Å². The van der Waals surface area contributed by atoms with Gasteiger partial charge in [0.25, 0.3) is 11.5 Å². The van der Waals surface area contributed by atoms with Crippen LogP contribution in [0.2, 0.25) is 0 Å². The number of ether oxygens (including phenoxy) is 1. The van der Waals surface area contributed by atoms with E-state index in [-0.39, 0.29) is 24.1 Å². The van der Waals surface area contributed by atoms with Crippen molar-refractivity contribution in [3.63, 3.8) is 0 Å².